The molecular formula is C35H51N5O4. The summed E-state index contributed by atoms with van der Waals surface area (Å²) in [6.45, 7) is 17.2. The molecule has 44 heavy (non-hydrogen) atoms. The van der Waals surface area contributed by atoms with Gasteiger partial charge in [0.15, 0.2) is 0 Å². The molecule has 2 N–H and O–H groups in total. The second kappa shape index (κ2) is 12.6. The van der Waals surface area contributed by atoms with Gasteiger partial charge in [-0.1, -0.05) is 51.8 Å². The maximum atomic E-state index is 14.4. The fourth-order valence-electron chi connectivity index (χ4n) is 8.62. The lowest BCUT2D eigenvalue weighted by Crippen LogP contribution is -2.58. The van der Waals surface area contributed by atoms with Crippen molar-refractivity contribution in [2.75, 3.05) is 51.1 Å². The average molecular weight is 606 g/mol. The van der Waals surface area contributed by atoms with Gasteiger partial charge >= 0.3 is 0 Å². The van der Waals surface area contributed by atoms with E-state index in [1.807, 2.05) is 38.1 Å². The van der Waals surface area contributed by atoms with Crippen molar-refractivity contribution in [2.45, 2.75) is 84.1 Å². The minimum atomic E-state index is -1.13. The molecule has 9 nitrogen and oxygen atoms in total. The first-order valence-electron chi connectivity index (χ1n) is 16.9. The third-order valence-corrected chi connectivity index (χ3v) is 11.2. The van der Waals surface area contributed by atoms with Crippen molar-refractivity contribution in [3.05, 3.63) is 41.5 Å². The molecule has 1 saturated carbocycles. The molecule has 5 aliphatic rings. The number of nitrogens with zero attached hydrogens (tertiary/aromatic N) is 3. The normalized spacial score (nSPS) is 35.2. The molecule has 8 atom stereocenters. The van der Waals surface area contributed by atoms with Crippen LogP contribution in [0.15, 0.2) is 30.4 Å². The van der Waals surface area contributed by atoms with E-state index in [-0.39, 0.29) is 23.8 Å². The minimum absolute atomic E-state index is 0.0692. The van der Waals surface area contributed by atoms with E-state index in [1.165, 1.54) is 6.42 Å². The summed E-state index contributed by atoms with van der Waals surface area (Å²) in [6.07, 6.45) is 7.26. The Morgan fingerprint density at radius 3 is 2.39 bits per heavy atom. The zero-order valence-corrected chi connectivity index (χ0v) is 27.2. The first kappa shape index (κ1) is 31.2. The van der Waals surface area contributed by atoms with E-state index >= 15 is 0 Å². The Morgan fingerprint density at radius 2 is 1.68 bits per heavy atom. The largest absolute Gasteiger partial charge is 0.359 e. The van der Waals surface area contributed by atoms with Gasteiger partial charge in [0, 0.05) is 44.5 Å². The fraction of sp³-hybridized carbons (Fsp3) is 0.686. The number of nitrogens with one attached hydrogen (secondary N) is 2. The number of carbonyl (C=O) groups is 3. The van der Waals surface area contributed by atoms with Crippen LogP contribution in [0.1, 0.15) is 57.6 Å². The van der Waals surface area contributed by atoms with Gasteiger partial charge in [-0.15, -0.1) is 0 Å². The molecule has 4 fully saturated rings. The smallest absolute Gasteiger partial charge is 0.246 e. The zero-order valence-electron chi connectivity index (χ0n) is 27.2. The monoisotopic (exact) mass is 605 g/mol. The molecule has 4 heterocycles. The van der Waals surface area contributed by atoms with E-state index in [0.717, 1.165) is 69.7 Å². The SMILES string of the molecule is CCN1CCN(CCCN2C(=O)[C@@H]3[C@H](C(=O)Nc4cc(C)cc(C)c4)[C@@H]4C=C[C@@]3(O4)[C@@H]2C(=O)N[C@@H]2CCC[C@H](C)[C@@H]2C)CC1. The van der Waals surface area contributed by atoms with Crippen molar-refractivity contribution in [2.24, 2.45) is 23.7 Å². The van der Waals surface area contributed by atoms with Crippen molar-refractivity contribution in [1.29, 1.82) is 0 Å². The minimum Gasteiger partial charge on any atom is -0.359 e. The summed E-state index contributed by atoms with van der Waals surface area (Å²) >= 11 is 0. The van der Waals surface area contributed by atoms with Gasteiger partial charge in [-0.05, 0) is 74.9 Å². The molecule has 1 aromatic carbocycles. The van der Waals surface area contributed by atoms with Gasteiger partial charge in [-0.25, -0.2) is 0 Å². The number of anilines is 1. The van der Waals surface area contributed by atoms with Crippen molar-refractivity contribution < 1.29 is 19.1 Å². The Morgan fingerprint density at radius 1 is 0.977 bits per heavy atom. The maximum absolute atomic E-state index is 14.4. The fourth-order valence-corrected chi connectivity index (χ4v) is 8.62. The second-order valence-corrected chi connectivity index (χ2v) is 14.1. The summed E-state index contributed by atoms with van der Waals surface area (Å²) in [5.74, 6) is -1.04. The van der Waals surface area contributed by atoms with Crippen LogP contribution >= 0.6 is 0 Å². The molecule has 2 bridgehead atoms. The van der Waals surface area contributed by atoms with Crippen LogP contribution in [0.2, 0.25) is 0 Å². The number of hydrogen-bond donors (Lipinski definition) is 2. The number of fused-ring (bicyclic) bond motifs is 1. The number of likely N-dealkylation sites (N-methyl/N-ethyl adjacent to an activating group) is 1. The van der Waals surface area contributed by atoms with Crippen LogP contribution in [0, 0.1) is 37.5 Å². The molecule has 1 aliphatic carbocycles. The number of aryl methyl sites for hydroxylation is 2. The lowest BCUT2D eigenvalue weighted by Gasteiger charge is -2.38. The lowest BCUT2D eigenvalue weighted by atomic mass is 9.73. The van der Waals surface area contributed by atoms with Gasteiger partial charge in [0.05, 0.1) is 17.9 Å². The van der Waals surface area contributed by atoms with Gasteiger partial charge in [0.25, 0.3) is 0 Å². The van der Waals surface area contributed by atoms with Gasteiger partial charge in [0.1, 0.15) is 11.6 Å². The van der Waals surface area contributed by atoms with Crippen LogP contribution < -0.4 is 10.6 Å². The molecule has 1 aromatic rings. The molecule has 0 radical (unpaired) electrons. The van der Waals surface area contributed by atoms with Crippen LogP contribution in [-0.2, 0) is 19.1 Å². The summed E-state index contributed by atoms with van der Waals surface area (Å²) < 4.78 is 6.58. The van der Waals surface area contributed by atoms with Gasteiger partial charge < -0.3 is 30.1 Å². The number of benzene rings is 1. The second-order valence-electron chi connectivity index (χ2n) is 14.1. The van der Waals surface area contributed by atoms with E-state index in [2.05, 4.69) is 47.3 Å². The summed E-state index contributed by atoms with van der Waals surface area (Å²) in [5, 5.41) is 6.44. The highest BCUT2D eigenvalue weighted by Gasteiger charge is 2.72. The third kappa shape index (κ3) is 5.71. The number of rotatable bonds is 9. The average Bonchev–Trinajstić information content (AvgIpc) is 3.62. The summed E-state index contributed by atoms with van der Waals surface area (Å²) in [6, 6.07) is 5.22. The first-order chi connectivity index (χ1) is 21.1. The lowest BCUT2D eigenvalue weighted by molar-refractivity contribution is -0.141. The molecule has 6 rings (SSSR count). The molecule has 3 saturated heterocycles. The molecule has 0 unspecified atom stereocenters. The number of ether oxygens (including phenoxy) is 1. The molecule has 240 valence electrons. The van der Waals surface area contributed by atoms with Crippen LogP contribution in [0.5, 0.6) is 0 Å². The van der Waals surface area contributed by atoms with E-state index in [0.29, 0.717) is 24.1 Å². The number of likely N-dealkylation sites (tertiary alicyclic amines) is 1. The highest BCUT2D eigenvalue weighted by atomic mass is 16.5. The number of piperazine rings is 1. The Balaban J connectivity index is 1.23. The Kier molecular flexibility index (Phi) is 8.92. The summed E-state index contributed by atoms with van der Waals surface area (Å²) in [7, 11) is 0. The van der Waals surface area contributed by atoms with Gasteiger partial charge in [0.2, 0.25) is 17.7 Å². The molecule has 1 spiro atoms. The van der Waals surface area contributed by atoms with Crippen molar-refractivity contribution >= 4 is 23.4 Å². The van der Waals surface area contributed by atoms with E-state index in [9.17, 15) is 14.4 Å². The maximum Gasteiger partial charge on any atom is 0.246 e. The van der Waals surface area contributed by atoms with E-state index in [1.54, 1.807) is 4.90 Å². The predicted molar refractivity (Wildman–Crippen MR) is 171 cm³/mol. The molecule has 9 heteroatoms. The van der Waals surface area contributed by atoms with Crippen molar-refractivity contribution in [3.8, 4) is 0 Å². The van der Waals surface area contributed by atoms with E-state index in [4.69, 9.17) is 4.74 Å². The predicted octanol–water partition coefficient (Wildman–Crippen LogP) is 3.36. The Hall–Kier alpha value is -2.75. The van der Waals surface area contributed by atoms with Crippen LogP contribution in [-0.4, -0.2) is 102 Å². The molecule has 3 amide bonds. The van der Waals surface area contributed by atoms with E-state index < -0.39 is 29.6 Å². The zero-order chi connectivity index (χ0) is 31.2. The van der Waals surface area contributed by atoms with Crippen LogP contribution in [0.3, 0.4) is 0 Å². The Bertz CT molecular complexity index is 1270. The number of carbonyl (C=O) groups excluding carboxylic acids is 3. The van der Waals surface area contributed by atoms with Crippen LogP contribution in [0.4, 0.5) is 5.69 Å². The molecule has 4 aliphatic heterocycles. The standard InChI is InChI=1S/C35H51N5O4/c1-6-38-15-17-39(18-16-38)13-8-14-40-31(33(42)37-27-10-7-9-24(4)25(27)5)35-12-11-28(44-35)29(30(35)34(40)43)32(41)36-26-20-22(2)19-23(3)21-26/h11-12,19-21,24-25,27-31H,6-10,13-18H2,1-5H3,(H,36,41)(H,37,42)/t24-,25-,27+,28-,29+,30-,31-,35-/m0/s1. The highest BCUT2D eigenvalue weighted by molar-refractivity contribution is 6.02. The van der Waals surface area contributed by atoms with Gasteiger partial charge in [-0.3, -0.25) is 14.4 Å². The van der Waals surface area contributed by atoms with Crippen LogP contribution in [0.25, 0.3) is 0 Å². The number of hydrogen-bond acceptors (Lipinski definition) is 6. The third-order valence-electron chi connectivity index (χ3n) is 11.2. The van der Waals surface area contributed by atoms with Crippen molar-refractivity contribution in [3.63, 3.8) is 0 Å². The van der Waals surface area contributed by atoms with Gasteiger partial charge in [-0.2, -0.15) is 0 Å². The first-order valence-corrected chi connectivity index (χ1v) is 16.9. The summed E-state index contributed by atoms with van der Waals surface area (Å²) in [5.41, 5.74) is 1.70. The number of amides is 3. The Labute approximate surface area is 262 Å². The van der Waals surface area contributed by atoms with Crippen molar-refractivity contribution in [1.82, 2.24) is 20.0 Å². The highest BCUT2D eigenvalue weighted by Crippen LogP contribution is 2.55. The topological polar surface area (TPSA) is 94.2 Å². The summed E-state index contributed by atoms with van der Waals surface area (Å²) in [4.78, 5) is 49.2. The quantitative estimate of drug-likeness (QED) is 0.420. The molecular weight excluding hydrogens is 554 g/mol. The molecule has 0 aromatic heterocycles.